The zero-order valence-electron chi connectivity index (χ0n) is 15.5. The highest BCUT2D eigenvalue weighted by Crippen LogP contribution is 2.35. The van der Waals surface area contributed by atoms with Crippen LogP contribution in [-0.4, -0.2) is 34.2 Å². The topological polar surface area (TPSA) is 122 Å². The molecular formula is C18H16F3N5O4. The largest absolute Gasteiger partial charge is 0.491 e. The summed E-state index contributed by atoms with van der Waals surface area (Å²) in [6.45, 7) is 1.70. The number of H-pyrrole nitrogens is 1. The Morgan fingerprint density at radius 3 is 2.57 bits per heavy atom. The molecule has 1 amide bonds. The summed E-state index contributed by atoms with van der Waals surface area (Å²) >= 11 is 0. The summed E-state index contributed by atoms with van der Waals surface area (Å²) in [6.07, 6.45) is -3.05. The van der Waals surface area contributed by atoms with E-state index in [1.165, 1.54) is 31.3 Å². The highest BCUT2D eigenvalue weighted by Gasteiger charge is 2.30. The standard InChI is InChI=1S/C18H16F3N5O4/c1-10(27)22-8-9-29-13-6-7-23-15(14(13)16-25-17(28)30-26-16)24-12-4-2-11(3-5-12)18(19,20)21/h2-7H,8-9H2,1H3,(H,22,27)(H,23,24)(H,25,26,28). The van der Waals surface area contributed by atoms with E-state index in [4.69, 9.17) is 4.74 Å². The van der Waals surface area contributed by atoms with E-state index in [1.54, 1.807) is 0 Å². The van der Waals surface area contributed by atoms with Crippen LogP contribution in [0, 0.1) is 0 Å². The van der Waals surface area contributed by atoms with Crippen LogP contribution in [0.25, 0.3) is 11.4 Å². The zero-order chi connectivity index (χ0) is 21.7. The minimum Gasteiger partial charge on any atom is -0.491 e. The molecule has 0 bridgehead atoms. The Morgan fingerprint density at radius 1 is 1.23 bits per heavy atom. The van der Waals surface area contributed by atoms with Crippen molar-refractivity contribution in [2.24, 2.45) is 0 Å². The summed E-state index contributed by atoms with van der Waals surface area (Å²) < 4.78 is 48.5. The second-order valence-corrected chi connectivity index (χ2v) is 6.01. The van der Waals surface area contributed by atoms with Crippen LogP contribution in [0.4, 0.5) is 24.7 Å². The number of aromatic nitrogens is 3. The number of benzene rings is 1. The van der Waals surface area contributed by atoms with E-state index in [-0.39, 0.29) is 42.0 Å². The van der Waals surface area contributed by atoms with Gasteiger partial charge in [0.2, 0.25) is 5.91 Å². The van der Waals surface area contributed by atoms with Crippen molar-refractivity contribution in [2.75, 3.05) is 18.5 Å². The third-order valence-electron chi connectivity index (χ3n) is 3.80. The number of pyridine rings is 1. The van der Waals surface area contributed by atoms with Crippen LogP contribution in [0.3, 0.4) is 0 Å². The van der Waals surface area contributed by atoms with Gasteiger partial charge in [0.05, 0.1) is 12.1 Å². The number of rotatable bonds is 7. The summed E-state index contributed by atoms with van der Waals surface area (Å²) in [5.41, 5.74) is -0.249. The number of carbonyl (C=O) groups is 1. The van der Waals surface area contributed by atoms with Crippen molar-refractivity contribution in [1.82, 2.24) is 20.4 Å². The molecule has 0 unspecified atom stereocenters. The van der Waals surface area contributed by atoms with E-state index in [1.807, 2.05) is 0 Å². The molecule has 158 valence electrons. The van der Waals surface area contributed by atoms with Crippen LogP contribution in [-0.2, 0) is 11.0 Å². The Bertz CT molecular complexity index is 1080. The lowest BCUT2D eigenvalue weighted by molar-refractivity contribution is -0.137. The first-order valence-electron chi connectivity index (χ1n) is 8.61. The van der Waals surface area contributed by atoms with Crippen molar-refractivity contribution in [3.05, 3.63) is 52.6 Å². The van der Waals surface area contributed by atoms with Gasteiger partial charge in [-0.2, -0.15) is 13.2 Å². The van der Waals surface area contributed by atoms with Crippen molar-refractivity contribution in [3.8, 4) is 17.1 Å². The van der Waals surface area contributed by atoms with Crippen LogP contribution in [0.15, 0.2) is 45.8 Å². The third kappa shape index (κ3) is 5.16. The maximum Gasteiger partial charge on any atom is 0.439 e. The van der Waals surface area contributed by atoms with Gasteiger partial charge in [-0.15, -0.1) is 0 Å². The molecule has 0 radical (unpaired) electrons. The molecule has 0 spiro atoms. The Labute approximate surface area is 167 Å². The number of carbonyl (C=O) groups excluding carboxylic acids is 1. The molecule has 30 heavy (non-hydrogen) atoms. The van der Waals surface area contributed by atoms with Gasteiger partial charge in [-0.1, -0.05) is 5.16 Å². The van der Waals surface area contributed by atoms with Gasteiger partial charge in [-0.25, -0.2) is 9.78 Å². The second-order valence-electron chi connectivity index (χ2n) is 6.01. The first kappa shape index (κ1) is 20.9. The van der Waals surface area contributed by atoms with Gasteiger partial charge >= 0.3 is 11.9 Å². The number of amides is 1. The fourth-order valence-electron chi connectivity index (χ4n) is 2.49. The summed E-state index contributed by atoms with van der Waals surface area (Å²) in [7, 11) is 0. The fraction of sp³-hybridized carbons (Fsp3) is 0.222. The molecule has 2 heterocycles. The lowest BCUT2D eigenvalue weighted by atomic mass is 10.2. The molecule has 0 aliphatic rings. The van der Waals surface area contributed by atoms with Gasteiger partial charge in [-0.05, 0) is 30.3 Å². The lowest BCUT2D eigenvalue weighted by Crippen LogP contribution is -2.25. The first-order chi connectivity index (χ1) is 14.2. The summed E-state index contributed by atoms with van der Waals surface area (Å²) in [6, 6.07) is 5.84. The number of anilines is 2. The molecule has 0 aliphatic carbocycles. The molecule has 1 aromatic carbocycles. The molecule has 3 N–H and O–H groups in total. The number of nitrogens with zero attached hydrogens (tertiary/aromatic N) is 2. The molecule has 2 aromatic heterocycles. The number of ether oxygens (including phenoxy) is 1. The maximum atomic E-state index is 12.8. The summed E-state index contributed by atoms with van der Waals surface area (Å²) in [5, 5.41) is 9.08. The van der Waals surface area contributed by atoms with Crippen LogP contribution < -0.4 is 21.1 Å². The molecule has 0 atom stereocenters. The summed E-state index contributed by atoms with van der Waals surface area (Å²) in [5.74, 6) is -0.597. The Balaban J connectivity index is 1.90. The number of halogens is 3. The molecule has 3 rings (SSSR count). The van der Waals surface area contributed by atoms with Gasteiger partial charge in [-0.3, -0.25) is 14.3 Å². The maximum absolute atomic E-state index is 12.8. The van der Waals surface area contributed by atoms with Crippen LogP contribution >= 0.6 is 0 Å². The van der Waals surface area contributed by atoms with Gasteiger partial charge < -0.3 is 15.4 Å². The minimum atomic E-state index is -4.45. The lowest BCUT2D eigenvalue weighted by Gasteiger charge is -2.15. The monoisotopic (exact) mass is 423 g/mol. The molecule has 0 saturated carbocycles. The number of nitrogens with one attached hydrogen (secondary N) is 3. The quantitative estimate of drug-likeness (QED) is 0.500. The number of aromatic amines is 1. The van der Waals surface area contributed by atoms with Crippen LogP contribution in [0.1, 0.15) is 12.5 Å². The van der Waals surface area contributed by atoms with E-state index in [0.29, 0.717) is 5.69 Å². The van der Waals surface area contributed by atoms with Crippen molar-refractivity contribution < 1.29 is 27.2 Å². The third-order valence-corrected chi connectivity index (χ3v) is 3.80. The Kier molecular flexibility index (Phi) is 6.04. The number of alkyl halides is 3. The average Bonchev–Trinajstić information content (AvgIpc) is 3.11. The van der Waals surface area contributed by atoms with Gasteiger partial charge in [0.1, 0.15) is 23.7 Å². The second kappa shape index (κ2) is 8.68. The first-order valence-corrected chi connectivity index (χ1v) is 8.61. The van der Waals surface area contributed by atoms with Crippen molar-refractivity contribution in [3.63, 3.8) is 0 Å². The fourth-order valence-corrected chi connectivity index (χ4v) is 2.49. The van der Waals surface area contributed by atoms with Gasteiger partial charge in [0, 0.05) is 18.8 Å². The minimum absolute atomic E-state index is 0.0111. The Morgan fingerprint density at radius 2 is 1.97 bits per heavy atom. The van der Waals surface area contributed by atoms with Crippen molar-refractivity contribution in [2.45, 2.75) is 13.1 Å². The van der Waals surface area contributed by atoms with E-state index in [9.17, 15) is 22.8 Å². The molecule has 0 fully saturated rings. The zero-order valence-corrected chi connectivity index (χ0v) is 15.5. The van der Waals surface area contributed by atoms with Crippen molar-refractivity contribution >= 4 is 17.4 Å². The van der Waals surface area contributed by atoms with Gasteiger partial charge in [0.25, 0.3) is 0 Å². The van der Waals surface area contributed by atoms with E-state index >= 15 is 0 Å². The van der Waals surface area contributed by atoms with E-state index in [2.05, 4.69) is 30.3 Å². The SMILES string of the molecule is CC(=O)NCCOc1ccnc(Nc2ccc(C(F)(F)F)cc2)c1-c1noc(=O)[nH]1. The Hall–Kier alpha value is -3.83. The average molecular weight is 423 g/mol. The summed E-state index contributed by atoms with van der Waals surface area (Å²) in [4.78, 5) is 28.9. The molecular weight excluding hydrogens is 407 g/mol. The van der Waals surface area contributed by atoms with Crippen LogP contribution in [0.5, 0.6) is 5.75 Å². The highest BCUT2D eigenvalue weighted by molar-refractivity contribution is 5.79. The number of hydrogen-bond acceptors (Lipinski definition) is 7. The van der Waals surface area contributed by atoms with Gasteiger partial charge in [0.15, 0.2) is 5.82 Å². The molecule has 3 aromatic rings. The number of hydrogen-bond donors (Lipinski definition) is 3. The highest BCUT2D eigenvalue weighted by atomic mass is 19.4. The normalized spacial score (nSPS) is 11.2. The molecule has 0 aliphatic heterocycles. The smallest absolute Gasteiger partial charge is 0.439 e. The van der Waals surface area contributed by atoms with Crippen molar-refractivity contribution in [1.29, 1.82) is 0 Å². The van der Waals surface area contributed by atoms with E-state index in [0.717, 1.165) is 12.1 Å². The van der Waals surface area contributed by atoms with Crippen LogP contribution in [0.2, 0.25) is 0 Å². The molecule has 0 saturated heterocycles. The molecule has 9 nitrogen and oxygen atoms in total. The predicted molar refractivity (Wildman–Crippen MR) is 99.3 cm³/mol. The molecule has 12 heteroatoms. The predicted octanol–water partition coefficient (Wildman–Crippen LogP) is 2.70. The van der Waals surface area contributed by atoms with E-state index < -0.39 is 17.5 Å².